The van der Waals surface area contributed by atoms with Crippen molar-refractivity contribution in [3.8, 4) is 0 Å². The first-order chi connectivity index (χ1) is 8.54. The normalized spacial score (nSPS) is 10.4. The van der Waals surface area contributed by atoms with E-state index in [0.717, 1.165) is 16.7 Å². The molecule has 2 aromatic rings. The Balaban J connectivity index is 2.19. The molecule has 0 atom stereocenters. The molecule has 2 rings (SSSR count). The minimum atomic E-state index is -0.110. The second kappa shape index (κ2) is 5.98. The Kier molecular flexibility index (Phi) is 4.57. The third kappa shape index (κ3) is 3.66. The number of hydrogen-bond acceptors (Lipinski definition) is 2. The smallest absolute Gasteiger partial charge is 0.224 e. The molecule has 0 aliphatic heterocycles. The van der Waals surface area contributed by atoms with Gasteiger partial charge < -0.3 is 0 Å². The maximum Gasteiger partial charge on any atom is 0.224 e. The summed E-state index contributed by atoms with van der Waals surface area (Å²) in [7, 11) is 0. The van der Waals surface area contributed by atoms with Crippen molar-refractivity contribution < 1.29 is 4.79 Å². The average molecular weight is 318 g/mol. The molecule has 18 heavy (non-hydrogen) atoms. The summed E-state index contributed by atoms with van der Waals surface area (Å²) < 4.78 is 0. The summed E-state index contributed by atoms with van der Waals surface area (Å²) in [4.78, 5) is 12.8. The maximum absolute atomic E-state index is 12.0. The predicted octanol–water partition coefficient (Wildman–Crippen LogP) is 5.58. The Morgan fingerprint density at radius 1 is 0.833 bits per heavy atom. The second-order valence-electron chi connectivity index (χ2n) is 3.50. The van der Waals surface area contributed by atoms with Crippen molar-refractivity contribution in [2.45, 2.75) is 4.90 Å². The van der Waals surface area contributed by atoms with Gasteiger partial charge in [0.25, 0.3) is 0 Å². The lowest BCUT2D eigenvalue weighted by molar-refractivity contribution is 0.108. The van der Waals surface area contributed by atoms with E-state index in [1.165, 1.54) is 0 Å². The highest BCUT2D eigenvalue weighted by atomic mass is 35.5. The van der Waals surface area contributed by atoms with Crippen molar-refractivity contribution in [1.82, 2.24) is 0 Å². The molecular formula is C13H7Cl3OS. The van der Waals surface area contributed by atoms with Crippen LogP contribution in [0.1, 0.15) is 10.4 Å². The summed E-state index contributed by atoms with van der Waals surface area (Å²) in [6.45, 7) is 0. The molecule has 0 aliphatic rings. The summed E-state index contributed by atoms with van der Waals surface area (Å²) in [5.74, 6) is 0. The van der Waals surface area contributed by atoms with E-state index in [9.17, 15) is 4.79 Å². The highest BCUT2D eigenvalue weighted by Crippen LogP contribution is 2.27. The van der Waals surface area contributed by atoms with E-state index in [4.69, 9.17) is 34.8 Å². The van der Waals surface area contributed by atoms with Gasteiger partial charge in [-0.25, -0.2) is 0 Å². The predicted molar refractivity (Wildman–Crippen MR) is 78.1 cm³/mol. The van der Waals surface area contributed by atoms with E-state index in [2.05, 4.69) is 0 Å². The molecule has 0 bridgehead atoms. The lowest BCUT2D eigenvalue weighted by atomic mass is 10.2. The monoisotopic (exact) mass is 316 g/mol. The van der Waals surface area contributed by atoms with Crippen LogP contribution >= 0.6 is 46.6 Å². The average Bonchev–Trinajstić information content (AvgIpc) is 2.31. The maximum atomic E-state index is 12.0. The summed E-state index contributed by atoms with van der Waals surface area (Å²) in [5, 5.41) is 1.42. The fourth-order valence-electron chi connectivity index (χ4n) is 1.34. The van der Waals surface area contributed by atoms with Gasteiger partial charge in [0.15, 0.2) is 0 Å². The van der Waals surface area contributed by atoms with Crippen LogP contribution in [0, 0.1) is 0 Å². The minimum Gasteiger partial charge on any atom is -0.281 e. The van der Waals surface area contributed by atoms with E-state index in [1.807, 2.05) is 0 Å². The minimum absolute atomic E-state index is 0.110. The van der Waals surface area contributed by atoms with E-state index in [-0.39, 0.29) is 5.12 Å². The van der Waals surface area contributed by atoms with Crippen molar-refractivity contribution >= 4 is 51.7 Å². The summed E-state index contributed by atoms with van der Waals surface area (Å²) >= 11 is 18.6. The van der Waals surface area contributed by atoms with Crippen molar-refractivity contribution in [1.29, 1.82) is 0 Å². The molecule has 0 N–H and O–H groups in total. The number of thioether (sulfide) groups is 1. The van der Waals surface area contributed by atoms with Crippen LogP contribution in [0.3, 0.4) is 0 Å². The quantitative estimate of drug-likeness (QED) is 0.673. The zero-order chi connectivity index (χ0) is 13.1. The van der Waals surface area contributed by atoms with Gasteiger partial charge in [0.05, 0.1) is 0 Å². The standard InChI is InChI=1S/C13H7Cl3OS/c14-9-1-3-12(4-2-9)18-13(17)8-5-10(15)7-11(16)6-8/h1-7H. The van der Waals surface area contributed by atoms with Crippen LogP contribution in [-0.2, 0) is 0 Å². The van der Waals surface area contributed by atoms with Crippen LogP contribution in [0.2, 0.25) is 15.1 Å². The van der Waals surface area contributed by atoms with Crippen molar-refractivity contribution in [2.24, 2.45) is 0 Å². The molecule has 5 heteroatoms. The zero-order valence-electron chi connectivity index (χ0n) is 8.99. The first-order valence-corrected chi connectivity index (χ1v) is 6.93. The Morgan fingerprint density at radius 3 is 1.94 bits per heavy atom. The fourth-order valence-corrected chi connectivity index (χ4v) is 2.71. The van der Waals surface area contributed by atoms with Crippen molar-refractivity contribution in [2.75, 3.05) is 0 Å². The summed E-state index contributed by atoms with van der Waals surface area (Å²) in [5.41, 5.74) is 0.479. The van der Waals surface area contributed by atoms with Gasteiger partial charge in [-0.1, -0.05) is 34.8 Å². The van der Waals surface area contributed by atoms with Crippen LogP contribution in [0.15, 0.2) is 47.4 Å². The molecule has 0 aliphatic carbocycles. The third-order valence-corrected chi connectivity index (χ3v) is 3.74. The van der Waals surface area contributed by atoms with Gasteiger partial charge in [0, 0.05) is 25.5 Å². The van der Waals surface area contributed by atoms with Crippen LogP contribution < -0.4 is 0 Å². The number of carbonyl (C=O) groups excluding carboxylic acids is 1. The van der Waals surface area contributed by atoms with E-state index in [1.54, 1.807) is 42.5 Å². The number of benzene rings is 2. The summed E-state index contributed by atoms with van der Waals surface area (Å²) in [6, 6.07) is 11.8. The van der Waals surface area contributed by atoms with E-state index < -0.39 is 0 Å². The largest absolute Gasteiger partial charge is 0.281 e. The number of rotatable bonds is 2. The van der Waals surface area contributed by atoms with Crippen LogP contribution in [-0.4, -0.2) is 5.12 Å². The molecule has 0 unspecified atom stereocenters. The number of carbonyl (C=O) groups is 1. The highest BCUT2D eigenvalue weighted by molar-refractivity contribution is 8.14. The van der Waals surface area contributed by atoms with Gasteiger partial charge >= 0.3 is 0 Å². The van der Waals surface area contributed by atoms with Gasteiger partial charge in [0.1, 0.15) is 0 Å². The molecule has 0 saturated heterocycles. The lowest BCUT2D eigenvalue weighted by Crippen LogP contribution is -1.93. The fraction of sp³-hybridized carbons (Fsp3) is 0. The Hall–Kier alpha value is -0.670. The second-order valence-corrected chi connectivity index (χ2v) is 5.86. The SMILES string of the molecule is O=C(Sc1ccc(Cl)cc1)c1cc(Cl)cc(Cl)c1. The van der Waals surface area contributed by atoms with Crippen molar-refractivity contribution in [3.05, 3.63) is 63.1 Å². The summed E-state index contributed by atoms with van der Waals surface area (Å²) in [6.07, 6.45) is 0. The lowest BCUT2D eigenvalue weighted by Gasteiger charge is -2.02. The van der Waals surface area contributed by atoms with Crippen LogP contribution in [0.4, 0.5) is 0 Å². The molecule has 0 saturated carbocycles. The van der Waals surface area contributed by atoms with Crippen LogP contribution in [0.5, 0.6) is 0 Å². The Labute approximate surface area is 124 Å². The molecule has 2 aromatic carbocycles. The number of halogens is 3. The van der Waals surface area contributed by atoms with Gasteiger partial charge in [-0.2, -0.15) is 0 Å². The zero-order valence-corrected chi connectivity index (χ0v) is 12.1. The third-order valence-electron chi connectivity index (χ3n) is 2.12. The van der Waals surface area contributed by atoms with Crippen molar-refractivity contribution in [3.63, 3.8) is 0 Å². The topological polar surface area (TPSA) is 17.1 Å². The molecule has 1 nitrogen and oxygen atoms in total. The van der Waals surface area contributed by atoms with Gasteiger partial charge in [-0.3, -0.25) is 4.79 Å². The molecule has 92 valence electrons. The van der Waals surface area contributed by atoms with E-state index >= 15 is 0 Å². The molecule has 0 heterocycles. The molecule has 0 spiro atoms. The molecule has 0 radical (unpaired) electrons. The molecular weight excluding hydrogens is 311 g/mol. The number of hydrogen-bond donors (Lipinski definition) is 0. The first-order valence-electron chi connectivity index (χ1n) is 4.98. The molecule has 0 amide bonds. The van der Waals surface area contributed by atoms with Gasteiger partial charge in [0.2, 0.25) is 5.12 Å². The van der Waals surface area contributed by atoms with Gasteiger partial charge in [-0.15, -0.1) is 0 Å². The Morgan fingerprint density at radius 2 is 1.39 bits per heavy atom. The molecule has 0 aromatic heterocycles. The van der Waals surface area contributed by atoms with Crippen LogP contribution in [0.25, 0.3) is 0 Å². The first kappa shape index (κ1) is 13.8. The molecule has 0 fully saturated rings. The Bertz CT molecular complexity index is 561. The van der Waals surface area contributed by atoms with Gasteiger partial charge in [-0.05, 0) is 54.2 Å². The van der Waals surface area contributed by atoms with E-state index in [0.29, 0.717) is 20.6 Å². The highest BCUT2D eigenvalue weighted by Gasteiger charge is 2.10.